The molecule has 2 rings (SSSR count). The quantitative estimate of drug-likeness (QED) is 0.829. The monoisotopic (exact) mass is 216 g/mol. The summed E-state index contributed by atoms with van der Waals surface area (Å²) >= 11 is 0. The highest BCUT2D eigenvalue weighted by Gasteiger charge is 2.02. The van der Waals surface area contributed by atoms with E-state index in [4.69, 9.17) is 5.73 Å². The zero-order chi connectivity index (χ0) is 12.0. The molecule has 0 spiro atoms. The van der Waals surface area contributed by atoms with Gasteiger partial charge in [-0.2, -0.15) is 0 Å². The van der Waals surface area contributed by atoms with Gasteiger partial charge in [-0.15, -0.1) is 0 Å². The van der Waals surface area contributed by atoms with Crippen molar-refractivity contribution in [1.82, 2.24) is 4.98 Å². The fourth-order valence-corrected chi connectivity index (χ4v) is 1.72. The Morgan fingerprint density at radius 3 is 2.56 bits per heavy atom. The summed E-state index contributed by atoms with van der Waals surface area (Å²) in [5, 5.41) is 2.41. The molecule has 2 nitrogen and oxygen atoms in total. The highest BCUT2D eigenvalue weighted by molar-refractivity contribution is 5.86. The lowest BCUT2D eigenvalue weighted by Gasteiger charge is -2.05. The third kappa shape index (κ3) is 2.72. The molecule has 86 valence electrons. The SMILES string of the molecule is CC.CCCc1nc(N)cc2ccccc12. The molecule has 0 radical (unpaired) electrons. The highest BCUT2D eigenvalue weighted by atomic mass is 14.8. The second-order valence-corrected chi connectivity index (χ2v) is 3.46. The van der Waals surface area contributed by atoms with Crippen molar-refractivity contribution in [1.29, 1.82) is 0 Å². The summed E-state index contributed by atoms with van der Waals surface area (Å²) in [7, 11) is 0. The number of fused-ring (bicyclic) bond motifs is 1. The Hall–Kier alpha value is -1.57. The van der Waals surface area contributed by atoms with Crippen LogP contribution >= 0.6 is 0 Å². The van der Waals surface area contributed by atoms with Crippen molar-refractivity contribution in [3.63, 3.8) is 0 Å². The summed E-state index contributed by atoms with van der Waals surface area (Å²) in [6.07, 6.45) is 2.09. The Morgan fingerprint density at radius 2 is 1.88 bits per heavy atom. The number of benzene rings is 1. The van der Waals surface area contributed by atoms with Crippen LogP contribution in [0.1, 0.15) is 32.9 Å². The standard InChI is InChI=1S/C12H14N2.C2H6/c1-2-5-11-10-7-4-3-6-9(10)8-12(13)14-11;1-2/h3-4,6-8H,2,5H2,1H3,(H2,13,14);1-2H3. The lowest BCUT2D eigenvalue weighted by atomic mass is 10.1. The smallest absolute Gasteiger partial charge is 0.124 e. The number of anilines is 1. The maximum absolute atomic E-state index is 5.74. The average Bonchev–Trinajstić information content (AvgIpc) is 2.32. The molecule has 0 bridgehead atoms. The van der Waals surface area contributed by atoms with Gasteiger partial charge in [0.1, 0.15) is 5.82 Å². The maximum atomic E-state index is 5.74. The van der Waals surface area contributed by atoms with Crippen molar-refractivity contribution in [3.05, 3.63) is 36.0 Å². The van der Waals surface area contributed by atoms with E-state index in [1.165, 1.54) is 10.8 Å². The number of aromatic nitrogens is 1. The first-order chi connectivity index (χ1) is 7.81. The van der Waals surface area contributed by atoms with Gasteiger partial charge in [-0.05, 0) is 17.9 Å². The molecule has 0 saturated heterocycles. The third-order valence-corrected chi connectivity index (χ3v) is 2.33. The van der Waals surface area contributed by atoms with Crippen LogP contribution in [-0.2, 0) is 6.42 Å². The fraction of sp³-hybridized carbons (Fsp3) is 0.357. The van der Waals surface area contributed by atoms with Gasteiger partial charge in [-0.25, -0.2) is 4.98 Å². The Kier molecular flexibility index (Phi) is 4.77. The molecule has 0 aliphatic heterocycles. The molecule has 16 heavy (non-hydrogen) atoms. The van der Waals surface area contributed by atoms with Crippen LogP contribution in [0.5, 0.6) is 0 Å². The molecule has 2 heteroatoms. The van der Waals surface area contributed by atoms with Crippen molar-refractivity contribution < 1.29 is 0 Å². The van der Waals surface area contributed by atoms with E-state index in [1.807, 2.05) is 32.0 Å². The van der Waals surface area contributed by atoms with Gasteiger partial charge < -0.3 is 5.73 Å². The fourth-order valence-electron chi connectivity index (χ4n) is 1.72. The molecule has 1 aromatic heterocycles. The van der Waals surface area contributed by atoms with Crippen LogP contribution in [0.25, 0.3) is 10.8 Å². The van der Waals surface area contributed by atoms with Gasteiger partial charge in [0.15, 0.2) is 0 Å². The van der Waals surface area contributed by atoms with E-state index >= 15 is 0 Å². The number of nitrogens with two attached hydrogens (primary N) is 1. The molecular formula is C14H20N2. The predicted octanol–water partition coefficient (Wildman–Crippen LogP) is 3.80. The van der Waals surface area contributed by atoms with E-state index in [2.05, 4.69) is 24.0 Å². The van der Waals surface area contributed by atoms with E-state index in [-0.39, 0.29) is 0 Å². The number of nitrogens with zero attached hydrogens (tertiary/aromatic N) is 1. The Balaban J connectivity index is 0.000000606. The average molecular weight is 216 g/mol. The molecule has 2 N–H and O–H groups in total. The van der Waals surface area contributed by atoms with Crippen LogP contribution in [0, 0.1) is 0 Å². The van der Waals surface area contributed by atoms with E-state index in [0.717, 1.165) is 18.5 Å². The molecule has 0 atom stereocenters. The molecular weight excluding hydrogens is 196 g/mol. The lowest BCUT2D eigenvalue weighted by Crippen LogP contribution is -1.96. The molecule has 1 heterocycles. The minimum Gasteiger partial charge on any atom is -0.384 e. The van der Waals surface area contributed by atoms with Crippen LogP contribution in [0.3, 0.4) is 0 Å². The molecule has 2 aromatic rings. The molecule has 0 fully saturated rings. The third-order valence-electron chi connectivity index (χ3n) is 2.33. The zero-order valence-corrected chi connectivity index (χ0v) is 10.3. The van der Waals surface area contributed by atoms with Gasteiger partial charge >= 0.3 is 0 Å². The van der Waals surface area contributed by atoms with Crippen LogP contribution in [-0.4, -0.2) is 4.98 Å². The second-order valence-electron chi connectivity index (χ2n) is 3.46. The minimum absolute atomic E-state index is 0.618. The van der Waals surface area contributed by atoms with Crippen molar-refractivity contribution in [2.75, 3.05) is 5.73 Å². The largest absolute Gasteiger partial charge is 0.384 e. The summed E-state index contributed by atoms with van der Waals surface area (Å²) in [6.45, 7) is 6.15. The van der Waals surface area contributed by atoms with Crippen molar-refractivity contribution >= 4 is 16.6 Å². The molecule has 0 saturated carbocycles. The topological polar surface area (TPSA) is 38.9 Å². The number of nitrogen functional groups attached to an aromatic ring is 1. The number of hydrogen-bond donors (Lipinski definition) is 1. The van der Waals surface area contributed by atoms with E-state index in [0.29, 0.717) is 5.82 Å². The van der Waals surface area contributed by atoms with Gasteiger partial charge in [-0.3, -0.25) is 0 Å². The summed E-state index contributed by atoms with van der Waals surface area (Å²) in [5.74, 6) is 0.618. The van der Waals surface area contributed by atoms with Crippen LogP contribution in [0.15, 0.2) is 30.3 Å². The van der Waals surface area contributed by atoms with Crippen molar-refractivity contribution in [2.45, 2.75) is 33.6 Å². The maximum Gasteiger partial charge on any atom is 0.124 e. The van der Waals surface area contributed by atoms with Gasteiger partial charge in [0.05, 0.1) is 5.69 Å². The number of pyridine rings is 1. The molecule has 0 amide bonds. The summed E-state index contributed by atoms with van der Waals surface area (Å²) < 4.78 is 0. The first-order valence-corrected chi connectivity index (χ1v) is 5.95. The molecule has 0 unspecified atom stereocenters. The molecule has 0 aliphatic carbocycles. The normalized spacial score (nSPS) is 9.69. The van der Waals surface area contributed by atoms with Gasteiger partial charge in [0, 0.05) is 5.39 Å². The van der Waals surface area contributed by atoms with Crippen LogP contribution in [0.4, 0.5) is 5.82 Å². The Morgan fingerprint density at radius 1 is 1.19 bits per heavy atom. The van der Waals surface area contributed by atoms with Crippen molar-refractivity contribution in [2.24, 2.45) is 0 Å². The van der Waals surface area contributed by atoms with Crippen LogP contribution in [0.2, 0.25) is 0 Å². The van der Waals surface area contributed by atoms with Gasteiger partial charge in [0.25, 0.3) is 0 Å². The lowest BCUT2D eigenvalue weighted by molar-refractivity contribution is 0.895. The van der Waals surface area contributed by atoms with Gasteiger partial charge in [-0.1, -0.05) is 51.5 Å². The van der Waals surface area contributed by atoms with Crippen LogP contribution < -0.4 is 5.73 Å². The van der Waals surface area contributed by atoms with E-state index < -0.39 is 0 Å². The van der Waals surface area contributed by atoms with E-state index in [1.54, 1.807) is 0 Å². The van der Waals surface area contributed by atoms with Gasteiger partial charge in [0.2, 0.25) is 0 Å². The first-order valence-electron chi connectivity index (χ1n) is 5.95. The number of hydrogen-bond acceptors (Lipinski definition) is 2. The highest BCUT2D eigenvalue weighted by Crippen LogP contribution is 2.20. The molecule has 0 aliphatic rings. The Labute approximate surface area is 97.5 Å². The summed E-state index contributed by atoms with van der Waals surface area (Å²) in [5.41, 5.74) is 6.86. The zero-order valence-electron chi connectivity index (χ0n) is 10.3. The first kappa shape index (κ1) is 12.5. The number of aryl methyl sites for hydroxylation is 1. The predicted molar refractivity (Wildman–Crippen MR) is 71.5 cm³/mol. The summed E-state index contributed by atoms with van der Waals surface area (Å²) in [4.78, 5) is 4.37. The number of rotatable bonds is 2. The Bertz CT molecular complexity index is 449. The van der Waals surface area contributed by atoms with E-state index in [9.17, 15) is 0 Å². The van der Waals surface area contributed by atoms with Crippen molar-refractivity contribution in [3.8, 4) is 0 Å². The molecule has 1 aromatic carbocycles. The minimum atomic E-state index is 0.618. The second kappa shape index (κ2) is 6.11. The summed E-state index contributed by atoms with van der Waals surface area (Å²) in [6, 6.07) is 10.2.